The summed E-state index contributed by atoms with van der Waals surface area (Å²) in [4.78, 5) is 14.7. The number of morpholine rings is 1. The van der Waals surface area contributed by atoms with Crippen LogP contribution < -0.4 is 10.3 Å². The smallest absolute Gasteiger partial charge is 0.269 e. The Bertz CT molecular complexity index is 757. The summed E-state index contributed by atoms with van der Waals surface area (Å²) in [5.41, 5.74) is 2.39. The first-order valence-corrected chi connectivity index (χ1v) is 8.20. The van der Waals surface area contributed by atoms with E-state index in [9.17, 15) is 4.79 Å². The minimum absolute atomic E-state index is 0. The maximum Gasteiger partial charge on any atom is 0.269 e. The molecule has 1 saturated heterocycles. The number of hydrogen-bond acceptors (Lipinski definition) is 5. The van der Waals surface area contributed by atoms with Gasteiger partial charge in [-0.1, -0.05) is 12.1 Å². The summed E-state index contributed by atoms with van der Waals surface area (Å²) >= 11 is 0. The number of methoxy groups -OCH3 is 1. The molecule has 3 rings (SSSR count). The lowest BCUT2D eigenvalue weighted by molar-refractivity contribution is 0.0358. The molecule has 7 heteroatoms. The molecule has 1 aromatic heterocycles. The molecule has 6 nitrogen and oxygen atoms in total. The van der Waals surface area contributed by atoms with E-state index < -0.39 is 0 Å². The highest BCUT2D eigenvalue weighted by molar-refractivity contribution is 5.85. The molecule has 0 saturated carbocycles. The van der Waals surface area contributed by atoms with Crippen molar-refractivity contribution in [1.29, 1.82) is 0 Å². The van der Waals surface area contributed by atoms with Gasteiger partial charge in [-0.25, -0.2) is 4.68 Å². The summed E-state index contributed by atoms with van der Waals surface area (Å²) in [6, 6.07) is 9.56. The van der Waals surface area contributed by atoms with E-state index in [0.29, 0.717) is 12.1 Å². The van der Waals surface area contributed by atoms with Crippen molar-refractivity contribution >= 4 is 12.4 Å². The summed E-state index contributed by atoms with van der Waals surface area (Å²) in [7, 11) is 1.64. The molecule has 0 amide bonds. The van der Waals surface area contributed by atoms with Gasteiger partial charge in [-0.15, -0.1) is 12.4 Å². The predicted molar refractivity (Wildman–Crippen MR) is 99.7 cm³/mol. The fraction of sp³-hybridized carbons (Fsp3) is 0.444. The average molecular weight is 366 g/mol. The second-order valence-corrected chi connectivity index (χ2v) is 5.93. The zero-order valence-corrected chi connectivity index (χ0v) is 15.4. The van der Waals surface area contributed by atoms with Crippen molar-refractivity contribution in [2.75, 3.05) is 40.0 Å². The monoisotopic (exact) mass is 365 g/mol. The summed E-state index contributed by atoms with van der Waals surface area (Å²) < 4.78 is 12.2. The van der Waals surface area contributed by atoms with Gasteiger partial charge < -0.3 is 9.47 Å². The lowest BCUT2D eigenvalue weighted by atomic mass is 10.1. The van der Waals surface area contributed by atoms with Gasteiger partial charge in [-0.2, -0.15) is 5.10 Å². The number of aromatic nitrogens is 2. The summed E-state index contributed by atoms with van der Waals surface area (Å²) in [6.07, 6.45) is 0. The predicted octanol–water partition coefficient (Wildman–Crippen LogP) is 1.98. The molecule has 1 aromatic carbocycles. The molecular formula is C18H24ClN3O3. The summed E-state index contributed by atoms with van der Waals surface area (Å²) in [5, 5.41) is 4.55. The van der Waals surface area contributed by atoms with Crippen LogP contribution in [-0.2, 0) is 11.3 Å². The van der Waals surface area contributed by atoms with E-state index in [4.69, 9.17) is 9.47 Å². The summed E-state index contributed by atoms with van der Waals surface area (Å²) in [6.45, 7) is 6.54. The maximum absolute atomic E-state index is 12.4. The van der Waals surface area contributed by atoms with E-state index in [1.54, 1.807) is 11.8 Å². The van der Waals surface area contributed by atoms with Crippen molar-refractivity contribution < 1.29 is 9.47 Å². The van der Waals surface area contributed by atoms with Gasteiger partial charge >= 0.3 is 0 Å². The first-order valence-electron chi connectivity index (χ1n) is 8.20. The van der Waals surface area contributed by atoms with Crippen LogP contribution in [-0.4, -0.2) is 54.6 Å². The third-order valence-electron chi connectivity index (χ3n) is 4.25. The molecule has 0 N–H and O–H groups in total. The summed E-state index contributed by atoms with van der Waals surface area (Å²) in [5.74, 6) is 0.776. The van der Waals surface area contributed by atoms with Crippen LogP contribution in [0.15, 0.2) is 35.1 Å². The topological polar surface area (TPSA) is 56.6 Å². The first-order chi connectivity index (χ1) is 11.7. The Morgan fingerprint density at radius 1 is 1.20 bits per heavy atom. The second-order valence-electron chi connectivity index (χ2n) is 5.93. The van der Waals surface area contributed by atoms with Gasteiger partial charge in [0, 0.05) is 30.8 Å². The third kappa shape index (κ3) is 4.81. The van der Waals surface area contributed by atoms with Crippen LogP contribution in [0.1, 0.15) is 5.56 Å². The van der Waals surface area contributed by atoms with Crippen molar-refractivity contribution in [3.63, 3.8) is 0 Å². The Hall–Kier alpha value is -1.89. The minimum atomic E-state index is -0.0325. The van der Waals surface area contributed by atoms with Gasteiger partial charge in [0.15, 0.2) is 0 Å². The van der Waals surface area contributed by atoms with Crippen LogP contribution in [0.4, 0.5) is 0 Å². The molecule has 2 aromatic rings. The van der Waals surface area contributed by atoms with Gasteiger partial charge in [-0.05, 0) is 25.1 Å². The third-order valence-corrected chi connectivity index (χ3v) is 4.25. The van der Waals surface area contributed by atoms with Crippen LogP contribution in [0, 0.1) is 6.92 Å². The van der Waals surface area contributed by atoms with Crippen LogP contribution in [0.5, 0.6) is 5.75 Å². The van der Waals surface area contributed by atoms with Crippen molar-refractivity contribution in [3.05, 3.63) is 46.2 Å². The Labute approximate surface area is 153 Å². The van der Waals surface area contributed by atoms with Crippen molar-refractivity contribution in [3.8, 4) is 17.0 Å². The van der Waals surface area contributed by atoms with E-state index in [2.05, 4.69) is 10.00 Å². The molecule has 0 atom stereocenters. The Morgan fingerprint density at radius 3 is 2.68 bits per heavy atom. The molecule has 0 radical (unpaired) electrons. The van der Waals surface area contributed by atoms with E-state index >= 15 is 0 Å². The first kappa shape index (κ1) is 19.4. The zero-order valence-electron chi connectivity index (χ0n) is 14.6. The van der Waals surface area contributed by atoms with Crippen molar-refractivity contribution in [2.24, 2.45) is 0 Å². The maximum atomic E-state index is 12.4. The van der Waals surface area contributed by atoms with Crippen LogP contribution in [0.3, 0.4) is 0 Å². The quantitative estimate of drug-likeness (QED) is 0.811. The lowest BCUT2D eigenvalue weighted by Crippen LogP contribution is -2.40. The largest absolute Gasteiger partial charge is 0.497 e. The molecule has 2 heterocycles. The highest BCUT2D eigenvalue weighted by atomic mass is 35.5. The van der Waals surface area contributed by atoms with Crippen LogP contribution in [0.25, 0.3) is 11.3 Å². The molecule has 0 spiro atoms. The SMILES string of the molecule is COc1cccc(-c2cc(C)c(=O)n(CCN3CCOCC3)n2)c1.Cl. The number of nitrogens with zero attached hydrogens (tertiary/aromatic N) is 3. The molecule has 1 fully saturated rings. The molecule has 0 aliphatic carbocycles. The molecular weight excluding hydrogens is 342 g/mol. The Morgan fingerprint density at radius 2 is 1.96 bits per heavy atom. The van der Waals surface area contributed by atoms with Crippen molar-refractivity contribution in [1.82, 2.24) is 14.7 Å². The molecule has 1 aliphatic heterocycles. The lowest BCUT2D eigenvalue weighted by Gasteiger charge is -2.26. The van der Waals surface area contributed by atoms with E-state index in [0.717, 1.165) is 49.9 Å². The molecule has 0 bridgehead atoms. The van der Waals surface area contributed by atoms with Crippen LogP contribution in [0.2, 0.25) is 0 Å². The normalized spacial score (nSPS) is 14.8. The number of aryl methyl sites for hydroxylation is 1. The minimum Gasteiger partial charge on any atom is -0.497 e. The van der Waals surface area contributed by atoms with Crippen molar-refractivity contribution in [2.45, 2.75) is 13.5 Å². The van der Waals surface area contributed by atoms with Gasteiger partial charge in [0.05, 0.1) is 32.6 Å². The Kier molecular flexibility index (Phi) is 6.99. The Balaban J connectivity index is 0.00000225. The molecule has 136 valence electrons. The second kappa shape index (κ2) is 8.99. The van der Waals surface area contributed by atoms with Gasteiger partial charge in [0.1, 0.15) is 5.75 Å². The number of ether oxygens (including phenoxy) is 2. The molecule has 1 aliphatic rings. The number of hydrogen-bond donors (Lipinski definition) is 0. The zero-order chi connectivity index (χ0) is 16.9. The van der Waals surface area contributed by atoms with E-state index in [1.165, 1.54) is 0 Å². The highest BCUT2D eigenvalue weighted by Gasteiger charge is 2.12. The molecule has 0 unspecified atom stereocenters. The van der Waals surface area contributed by atoms with Crippen LogP contribution >= 0.6 is 12.4 Å². The number of rotatable bonds is 5. The van der Waals surface area contributed by atoms with E-state index in [1.807, 2.05) is 37.3 Å². The fourth-order valence-corrected chi connectivity index (χ4v) is 2.81. The fourth-order valence-electron chi connectivity index (χ4n) is 2.81. The number of halogens is 1. The number of benzene rings is 1. The highest BCUT2D eigenvalue weighted by Crippen LogP contribution is 2.21. The van der Waals surface area contributed by atoms with Gasteiger partial charge in [-0.3, -0.25) is 9.69 Å². The standard InChI is InChI=1S/C18H23N3O3.ClH/c1-14-12-17(15-4-3-5-16(13-15)23-2)19-21(18(14)22)7-6-20-8-10-24-11-9-20;/h3-5,12-13H,6-11H2,1-2H3;1H. The average Bonchev–Trinajstić information content (AvgIpc) is 2.63. The molecule has 25 heavy (non-hydrogen) atoms. The van der Waals surface area contributed by atoms with Gasteiger partial charge in [0.25, 0.3) is 5.56 Å². The van der Waals surface area contributed by atoms with Gasteiger partial charge in [0.2, 0.25) is 0 Å². The van der Waals surface area contributed by atoms with E-state index in [-0.39, 0.29) is 18.0 Å².